The molecular weight excluding hydrogens is 521 g/mol. The summed E-state index contributed by atoms with van der Waals surface area (Å²) >= 11 is 0. The number of nitrogens with one attached hydrogen (secondary N) is 1. The van der Waals surface area contributed by atoms with Gasteiger partial charge in [0.15, 0.2) is 5.69 Å². The van der Waals surface area contributed by atoms with E-state index in [1.54, 1.807) is 23.0 Å². The van der Waals surface area contributed by atoms with Gasteiger partial charge in [0.25, 0.3) is 5.91 Å². The number of halogens is 1. The lowest BCUT2D eigenvalue weighted by Gasteiger charge is -2.26. The van der Waals surface area contributed by atoms with Crippen LogP contribution in [-0.4, -0.2) is 45.4 Å². The average molecular weight is 552 g/mol. The second-order valence-corrected chi connectivity index (χ2v) is 10.3. The molecular formula is C32H30FN5O3. The molecule has 0 saturated carbocycles. The van der Waals surface area contributed by atoms with E-state index >= 15 is 0 Å². The molecule has 1 atom stereocenters. The van der Waals surface area contributed by atoms with Crippen molar-refractivity contribution in [1.29, 1.82) is 0 Å². The minimum Gasteiger partial charge on any atom is -0.460 e. The van der Waals surface area contributed by atoms with Crippen molar-refractivity contribution in [2.45, 2.75) is 25.6 Å². The lowest BCUT2D eigenvalue weighted by atomic mass is 10.1. The number of carbonyl (C=O) groups excluding carboxylic acids is 2. The van der Waals surface area contributed by atoms with E-state index in [9.17, 15) is 14.0 Å². The number of carbonyl (C=O) groups is 2. The average Bonchev–Trinajstić information content (AvgIpc) is 3.54. The Hall–Kier alpha value is -4.92. The zero-order chi connectivity index (χ0) is 28.3. The maximum Gasteiger partial charge on any atom is 0.340 e. The van der Waals surface area contributed by atoms with Crippen LogP contribution in [0.5, 0.6) is 0 Å². The van der Waals surface area contributed by atoms with E-state index in [-0.39, 0.29) is 18.3 Å². The van der Waals surface area contributed by atoms with Crippen LogP contribution in [0.25, 0.3) is 10.9 Å². The lowest BCUT2D eigenvalue weighted by Crippen LogP contribution is -2.44. The highest BCUT2D eigenvalue weighted by Gasteiger charge is 2.31. The molecule has 2 aromatic heterocycles. The normalized spacial score (nSPS) is 14.9. The Morgan fingerprint density at radius 1 is 1.00 bits per heavy atom. The molecule has 1 aliphatic rings. The largest absolute Gasteiger partial charge is 0.460 e. The summed E-state index contributed by atoms with van der Waals surface area (Å²) in [7, 11) is 1.88. The summed E-state index contributed by atoms with van der Waals surface area (Å²) < 4.78 is 23.0. The fraction of sp³-hybridized carbons (Fsp3) is 0.219. The Labute approximate surface area is 237 Å². The van der Waals surface area contributed by atoms with E-state index in [4.69, 9.17) is 4.74 Å². The third kappa shape index (κ3) is 5.70. The summed E-state index contributed by atoms with van der Waals surface area (Å²) in [5.74, 6) is -1.09. The van der Waals surface area contributed by atoms with Gasteiger partial charge in [-0.25, -0.2) is 9.18 Å². The molecule has 41 heavy (non-hydrogen) atoms. The van der Waals surface area contributed by atoms with Crippen LogP contribution in [0.1, 0.15) is 32.0 Å². The van der Waals surface area contributed by atoms with E-state index in [1.165, 1.54) is 17.7 Å². The zero-order valence-corrected chi connectivity index (χ0v) is 22.7. The molecule has 8 nitrogen and oxygen atoms in total. The molecule has 0 saturated heterocycles. The summed E-state index contributed by atoms with van der Waals surface area (Å²) in [4.78, 5) is 28.4. The summed E-state index contributed by atoms with van der Waals surface area (Å²) in [6, 6.07) is 23.6. The molecule has 208 valence electrons. The minimum atomic E-state index is -0.478. The zero-order valence-electron chi connectivity index (χ0n) is 22.7. The van der Waals surface area contributed by atoms with Gasteiger partial charge in [-0.3, -0.25) is 9.48 Å². The Morgan fingerprint density at radius 2 is 1.76 bits per heavy atom. The van der Waals surface area contributed by atoms with Gasteiger partial charge in [0.2, 0.25) is 0 Å². The van der Waals surface area contributed by atoms with E-state index in [0.29, 0.717) is 36.6 Å². The number of aryl methyl sites for hydroxylation is 3. The van der Waals surface area contributed by atoms with Gasteiger partial charge in [-0.1, -0.05) is 60.7 Å². The maximum absolute atomic E-state index is 13.6. The molecule has 1 N–H and O–H groups in total. The second-order valence-electron chi connectivity index (χ2n) is 10.3. The number of benzene rings is 3. The Kier molecular flexibility index (Phi) is 7.24. The van der Waals surface area contributed by atoms with Gasteiger partial charge in [-0.05, 0) is 35.7 Å². The van der Waals surface area contributed by atoms with E-state index < -0.39 is 12.0 Å². The van der Waals surface area contributed by atoms with Gasteiger partial charge in [0.05, 0.1) is 17.3 Å². The SMILES string of the molecule is Cn1cc(C(=O)OC[C@H]2CN(Cc3ccc(F)cc3)c3cn(CCc4ccccc4)nc3C(=O)N2)c2ccccc21. The highest BCUT2D eigenvalue weighted by atomic mass is 19.1. The Morgan fingerprint density at radius 3 is 2.56 bits per heavy atom. The number of anilines is 1. The molecule has 9 heteroatoms. The highest BCUT2D eigenvalue weighted by Crippen LogP contribution is 2.26. The number of hydrogen-bond donors (Lipinski definition) is 1. The first-order chi connectivity index (χ1) is 19.9. The number of para-hydroxylation sites is 1. The topological polar surface area (TPSA) is 81.4 Å². The number of amides is 1. The number of ether oxygens (including phenoxy) is 1. The maximum atomic E-state index is 13.6. The molecule has 3 heterocycles. The van der Waals surface area contributed by atoms with Crippen LogP contribution in [0.15, 0.2) is 91.3 Å². The number of fused-ring (bicyclic) bond motifs is 2. The fourth-order valence-electron chi connectivity index (χ4n) is 5.28. The van der Waals surface area contributed by atoms with E-state index in [1.807, 2.05) is 65.2 Å². The molecule has 5 aromatic rings. The molecule has 0 unspecified atom stereocenters. The predicted octanol–water partition coefficient (Wildman–Crippen LogP) is 4.73. The molecule has 0 spiro atoms. The van der Waals surface area contributed by atoms with Crippen LogP contribution in [-0.2, 0) is 31.3 Å². The standard InChI is InChI=1S/C32H30FN5O3/c1-36-19-27(26-9-5-6-10-28(26)36)32(40)41-21-25-18-37(17-23-11-13-24(33)14-12-23)29-20-38(35-30(29)31(39)34-25)16-15-22-7-3-2-4-8-22/h2-14,19-20,25H,15-18,21H2,1H3,(H,34,39)/t25-/m1/s1. The second kappa shape index (κ2) is 11.3. The molecule has 0 bridgehead atoms. The first-order valence-electron chi connectivity index (χ1n) is 13.6. The first kappa shape index (κ1) is 26.3. The van der Waals surface area contributed by atoms with Crippen molar-refractivity contribution in [3.05, 3.63) is 119 Å². The molecule has 6 rings (SSSR count). The molecule has 0 aliphatic carbocycles. The van der Waals surface area contributed by atoms with Crippen molar-refractivity contribution < 1.29 is 18.7 Å². The van der Waals surface area contributed by atoms with Crippen LogP contribution >= 0.6 is 0 Å². The number of esters is 1. The van der Waals surface area contributed by atoms with Gasteiger partial charge < -0.3 is 19.5 Å². The summed E-state index contributed by atoms with van der Waals surface area (Å²) in [6.45, 7) is 1.41. The smallest absolute Gasteiger partial charge is 0.340 e. The van der Waals surface area contributed by atoms with Gasteiger partial charge in [0.1, 0.15) is 12.4 Å². The van der Waals surface area contributed by atoms with Crippen molar-refractivity contribution in [3.8, 4) is 0 Å². The Bertz CT molecular complexity index is 1690. The number of aromatic nitrogens is 3. The van der Waals surface area contributed by atoms with Crippen LogP contribution in [0.2, 0.25) is 0 Å². The minimum absolute atomic E-state index is 0.00794. The monoisotopic (exact) mass is 551 g/mol. The van der Waals surface area contributed by atoms with Crippen LogP contribution in [0.4, 0.5) is 10.1 Å². The molecule has 1 aliphatic heterocycles. The fourth-order valence-corrected chi connectivity index (χ4v) is 5.28. The number of rotatable bonds is 8. The van der Waals surface area contributed by atoms with Crippen molar-refractivity contribution in [2.75, 3.05) is 18.1 Å². The predicted molar refractivity (Wildman–Crippen MR) is 154 cm³/mol. The summed E-state index contributed by atoms with van der Waals surface area (Å²) in [5, 5.41) is 8.43. The van der Waals surface area contributed by atoms with Gasteiger partial charge in [0, 0.05) is 50.0 Å². The van der Waals surface area contributed by atoms with Gasteiger partial charge in [-0.15, -0.1) is 0 Å². The molecule has 0 radical (unpaired) electrons. The summed E-state index contributed by atoms with van der Waals surface area (Å²) in [5.41, 5.74) is 4.46. The molecule has 3 aromatic carbocycles. The van der Waals surface area contributed by atoms with Gasteiger partial charge >= 0.3 is 5.97 Å². The highest BCUT2D eigenvalue weighted by molar-refractivity contribution is 6.04. The van der Waals surface area contributed by atoms with E-state index in [2.05, 4.69) is 22.5 Å². The third-order valence-electron chi connectivity index (χ3n) is 7.37. The van der Waals surface area contributed by atoms with Crippen LogP contribution < -0.4 is 10.2 Å². The molecule has 0 fully saturated rings. The first-order valence-corrected chi connectivity index (χ1v) is 13.6. The quantitative estimate of drug-likeness (QED) is 0.282. The Balaban J connectivity index is 1.22. The number of hydrogen-bond acceptors (Lipinski definition) is 5. The van der Waals surface area contributed by atoms with Crippen molar-refractivity contribution in [3.63, 3.8) is 0 Å². The van der Waals surface area contributed by atoms with E-state index in [0.717, 1.165) is 22.9 Å². The van der Waals surface area contributed by atoms with Crippen molar-refractivity contribution in [2.24, 2.45) is 7.05 Å². The van der Waals surface area contributed by atoms with Crippen molar-refractivity contribution >= 4 is 28.5 Å². The number of nitrogens with zero attached hydrogens (tertiary/aromatic N) is 4. The van der Waals surface area contributed by atoms with Crippen LogP contribution in [0, 0.1) is 5.82 Å². The third-order valence-corrected chi connectivity index (χ3v) is 7.37. The lowest BCUT2D eigenvalue weighted by molar-refractivity contribution is 0.0462. The van der Waals surface area contributed by atoms with Gasteiger partial charge in [-0.2, -0.15) is 5.10 Å². The van der Waals surface area contributed by atoms with Crippen LogP contribution in [0.3, 0.4) is 0 Å². The molecule has 1 amide bonds. The van der Waals surface area contributed by atoms with Crippen molar-refractivity contribution in [1.82, 2.24) is 19.7 Å². The summed E-state index contributed by atoms with van der Waals surface area (Å²) in [6.07, 6.45) is 4.41.